The molecule has 2 N–H and O–H groups in total. The molecular weight excluding hydrogens is 305 g/mol. The van der Waals surface area contributed by atoms with Crippen LogP contribution in [0.2, 0.25) is 5.02 Å². The van der Waals surface area contributed by atoms with E-state index in [0.29, 0.717) is 29.4 Å². The fourth-order valence-corrected chi connectivity index (χ4v) is 1.95. The van der Waals surface area contributed by atoms with E-state index in [1.54, 1.807) is 18.3 Å². The van der Waals surface area contributed by atoms with E-state index in [9.17, 15) is 9.18 Å². The van der Waals surface area contributed by atoms with Crippen LogP contribution in [0.15, 0.2) is 36.7 Å². The fourth-order valence-electron chi connectivity index (χ4n) is 1.77. The summed E-state index contributed by atoms with van der Waals surface area (Å²) < 4.78 is 13.1. The molecule has 1 aromatic heterocycles. The average Bonchev–Trinajstić information content (AvgIpc) is 2.49. The Morgan fingerprint density at radius 1 is 1.27 bits per heavy atom. The summed E-state index contributed by atoms with van der Waals surface area (Å²) in [5.41, 5.74) is 1.70. The van der Waals surface area contributed by atoms with Crippen molar-refractivity contribution in [3.05, 3.63) is 53.1 Å². The highest BCUT2D eigenvalue weighted by atomic mass is 35.5. The van der Waals surface area contributed by atoms with Crippen molar-refractivity contribution >= 4 is 28.9 Å². The van der Waals surface area contributed by atoms with E-state index in [1.165, 1.54) is 18.3 Å². The lowest BCUT2D eigenvalue weighted by Gasteiger charge is -2.10. The first-order chi connectivity index (χ1) is 10.5. The monoisotopic (exact) mass is 321 g/mol. The number of nitrogens with one attached hydrogen (secondary N) is 2. The summed E-state index contributed by atoms with van der Waals surface area (Å²) in [5, 5.41) is 5.90. The van der Waals surface area contributed by atoms with Crippen LogP contribution >= 0.6 is 11.6 Å². The molecule has 2 aromatic rings. The molecule has 1 heterocycles. The van der Waals surface area contributed by atoms with Crippen molar-refractivity contribution in [2.75, 3.05) is 11.9 Å². The number of halogens is 2. The van der Waals surface area contributed by atoms with Gasteiger partial charge in [0.2, 0.25) is 0 Å². The van der Waals surface area contributed by atoms with Crippen molar-refractivity contribution in [1.82, 2.24) is 10.3 Å². The Balaban J connectivity index is 2.10. The van der Waals surface area contributed by atoms with Crippen LogP contribution in [0, 0.1) is 11.7 Å². The number of hydrogen-bond acceptors (Lipinski definition) is 3. The summed E-state index contributed by atoms with van der Waals surface area (Å²) in [6.07, 6.45) is 3.08. The second-order valence-electron chi connectivity index (χ2n) is 5.32. The molecule has 4 nitrogen and oxygen atoms in total. The summed E-state index contributed by atoms with van der Waals surface area (Å²) in [6.45, 7) is 4.65. The molecule has 0 fully saturated rings. The van der Waals surface area contributed by atoms with E-state index in [-0.39, 0.29) is 10.9 Å². The smallest absolute Gasteiger partial charge is 0.252 e. The van der Waals surface area contributed by atoms with E-state index in [4.69, 9.17) is 11.6 Å². The minimum Gasteiger partial charge on any atom is -0.354 e. The number of pyridine rings is 1. The molecule has 0 saturated carbocycles. The lowest BCUT2D eigenvalue weighted by atomic mass is 10.2. The Labute approximate surface area is 133 Å². The van der Waals surface area contributed by atoms with Crippen LogP contribution in [-0.2, 0) is 0 Å². The van der Waals surface area contributed by atoms with Crippen molar-refractivity contribution in [2.45, 2.75) is 13.8 Å². The second kappa shape index (κ2) is 7.22. The Morgan fingerprint density at radius 3 is 2.73 bits per heavy atom. The number of benzene rings is 1. The van der Waals surface area contributed by atoms with Gasteiger partial charge in [-0.25, -0.2) is 4.39 Å². The number of rotatable bonds is 5. The van der Waals surface area contributed by atoms with Crippen molar-refractivity contribution in [1.29, 1.82) is 0 Å². The molecule has 0 radical (unpaired) electrons. The summed E-state index contributed by atoms with van der Waals surface area (Å²) >= 11 is 5.74. The lowest BCUT2D eigenvalue weighted by Crippen LogP contribution is -2.27. The normalized spacial score (nSPS) is 10.6. The third-order valence-electron chi connectivity index (χ3n) is 2.88. The highest BCUT2D eigenvalue weighted by molar-refractivity contribution is 6.31. The molecule has 1 aromatic carbocycles. The molecule has 22 heavy (non-hydrogen) atoms. The summed E-state index contributed by atoms with van der Waals surface area (Å²) in [4.78, 5) is 16.0. The maximum Gasteiger partial charge on any atom is 0.252 e. The summed E-state index contributed by atoms with van der Waals surface area (Å²) in [5.74, 6) is -0.284. The molecule has 0 aliphatic heterocycles. The van der Waals surface area contributed by atoms with E-state index in [0.717, 1.165) is 0 Å². The molecule has 1 amide bonds. The standard InChI is InChI=1S/C16H17ClFN3O/c1-10(2)7-20-16(22)11-5-13(9-19-8-11)21-12-3-4-15(18)14(17)6-12/h3-6,8-10,21H,7H2,1-2H3,(H,20,22). The first-order valence-corrected chi connectivity index (χ1v) is 7.29. The minimum atomic E-state index is -0.479. The highest BCUT2D eigenvalue weighted by Crippen LogP contribution is 2.22. The Hall–Kier alpha value is -2.14. The number of hydrogen-bond donors (Lipinski definition) is 2. The van der Waals surface area contributed by atoms with Crippen molar-refractivity contribution in [3.63, 3.8) is 0 Å². The number of aromatic nitrogens is 1. The molecule has 0 bridgehead atoms. The van der Waals surface area contributed by atoms with Gasteiger partial charge in [0.15, 0.2) is 0 Å². The van der Waals surface area contributed by atoms with Gasteiger partial charge in [-0.3, -0.25) is 9.78 Å². The maximum atomic E-state index is 13.1. The van der Waals surface area contributed by atoms with Gasteiger partial charge in [0.1, 0.15) is 5.82 Å². The second-order valence-corrected chi connectivity index (χ2v) is 5.73. The zero-order valence-electron chi connectivity index (χ0n) is 12.4. The predicted molar refractivity (Wildman–Crippen MR) is 86.1 cm³/mol. The van der Waals surface area contributed by atoms with Gasteiger partial charge in [0.05, 0.1) is 22.5 Å². The molecule has 116 valence electrons. The molecule has 6 heteroatoms. The minimum absolute atomic E-state index is 0.0313. The SMILES string of the molecule is CC(C)CNC(=O)c1cncc(Nc2ccc(F)c(Cl)c2)c1. The molecule has 0 aliphatic carbocycles. The van der Waals surface area contributed by atoms with Crippen LogP contribution in [0.4, 0.5) is 15.8 Å². The van der Waals surface area contributed by atoms with Crippen molar-refractivity contribution in [2.24, 2.45) is 5.92 Å². The van der Waals surface area contributed by atoms with Gasteiger partial charge >= 0.3 is 0 Å². The van der Waals surface area contributed by atoms with Gasteiger partial charge in [0, 0.05) is 18.4 Å². The maximum absolute atomic E-state index is 13.1. The molecule has 0 atom stereocenters. The number of anilines is 2. The number of carbonyl (C=O) groups excluding carboxylic acids is 1. The topological polar surface area (TPSA) is 54.0 Å². The van der Waals surface area contributed by atoms with Gasteiger partial charge in [-0.1, -0.05) is 25.4 Å². The number of nitrogens with zero attached hydrogens (tertiary/aromatic N) is 1. The predicted octanol–water partition coefficient (Wildman–Crippen LogP) is 4.00. The molecule has 0 aliphatic rings. The Morgan fingerprint density at radius 2 is 2.05 bits per heavy atom. The zero-order chi connectivity index (χ0) is 16.1. The Kier molecular flexibility index (Phi) is 5.33. The van der Waals surface area contributed by atoms with Gasteiger partial charge in [-0.05, 0) is 30.2 Å². The van der Waals surface area contributed by atoms with Crippen LogP contribution in [0.25, 0.3) is 0 Å². The Bertz CT molecular complexity index is 676. The zero-order valence-corrected chi connectivity index (χ0v) is 13.1. The summed E-state index contributed by atoms with van der Waals surface area (Å²) in [6, 6.07) is 5.99. The van der Waals surface area contributed by atoms with Gasteiger partial charge in [-0.2, -0.15) is 0 Å². The summed E-state index contributed by atoms with van der Waals surface area (Å²) in [7, 11) is 0. The first-order valence-electron chi connectivity index (χ1n) is 6.91. The van der Waals surface area contributed by atoms with E-state index >= 15 is 0 Å². The van der Waals surface area contributed by atoms with E-state index in [2.05, 4.69) is 15.6 Å². The van der Waals surface area contributed by atoms with Gasteiger partial charge < -0.3 is 10.6 Å². The van der Waals surface area contributed by atoms with Gasteiger partial charge in [0.25, 0.3) is 5.91 Å². The van der Waals surface area contributed by atoms with Crippen LogP contribution in [0.1, 0.15) is 24.2 Å². The first kappa shape index (κ1) is 16.2. The van der Waals surface area contributed by atoms with Crippen LogP contribution < -0.4 is 10.6 Å². The van der Waals surface area contributed by atoms with Gasteiger partial charge in [-0.15, -0.1) is 0 Å². The van der Waals surface area contributed by atoms with Crippen molar-refractivity contribution < 1.29 is 9.18 Å². The third-order valence-corrected chi connectivity index (χ3v) is 3.17. The lowest BCUT2D eigenvalue weighted by molar-refractivity contribution is 0.0948. The number of carbonyl (C=O) groups is 1. The largest absolute Gasteiger partial charge is 0.354 e. The molecular formula is C16H17ClFN3O. The molecule has 0 saturated heterocycles. The molecule has 0 unspecified atom stereocenters. The highest BCUT2D eigenvalue weighted by Gasteiger charge is 2.08. The quantitative estimate of drug-likeness (QED) is 0.875. The van der Waals surface area contributed by atoms with Crippen LogP contribution in [-0.4, -0.2) is 17.4 Å². The number of amides is 1. The average molecular weight is 322 g/mol. The fraction of sp³-hybridized carbons (Fsp3) is 0.250. The van der Waals surface area contributed by atoms with Crippen molar-refractivity contribution in [3.8, 4) is 0 Å². The van der Waals surface area contributed by atoms with Crippen LogP contribution in [0.3, 0.4) is 0 Å². The van der Waals surface area contributed by atoms with E-state index in [1.807, 2.05) is 13.8 Å². The molecule has 2 rings (SSSR count). The van der Waals surface area contributed by atoms with E-state index < -0.39 is 5.82 Å². The molecule has 0 spiro atoms. The van der Waals surface area contributed by atoms with Crippen LogP contribution in [0.5, 0.6) is 0 Å². The third kappa shape index (κ3) is 4.43.